The van der Waals surface area contributed by atoms with Gasteiger partial charge in [-0.2, -0.15) is 0 Å². The number of hydrogen-bond donors (Lipinski definition) is 2. The molecule has 0 saturated heterocycles. The second kappa shape index (κ2) is 5.38. The highest BCUT2D eigenvalue weighted by Crippen LogP contribution is 2.35. The molecule has 98 valence electrons. The first-order valence-electron chi connectivity index (χ1n) is 5.97. The van der Waals surface area contributed by atoms with Gasteiger partial charge in [0.1, 0.15) is 5.60 Å². The molecule has 1 aliphatic rings. The number of nitrogens with one attached hydrogen (secondary N) is 1. The fourth-order valence-electron chi connectivity index (χ4n) is 1.55. The molecule has 1 amide bonds. The van der Waals surface area contributed by atoms with Gasteiger partial charge in [0.2, 0.25) is 0 Å². The lowest BCUT2D eigenvalue weighted by molar-refractivity contribution is -0.141. The van der Waals surface area contributed by atoms with Crippen molar-refractivity contribution in [1.29, 1.82) is 0 Å². The van der Waals surface area contributed by atoms with Gasteiger partial charge in [-0.05, 0) is 33.1 Å². The van der Waals surface area contributed by atoms with E-state index in [1.165, 1.54) is 0 Å². The highest BCUT2D eigenvalue weighted by Gasteiger charge is 2.29. The molecular weight excluding hydrogens is 222 g/mol. The van der Waals surface area contributed by atoms with Crippen molar-refractivity contribution in [3.63, 3.8) is 0 Å². The van der Waals surface area contributed by atoms with Crippen LogP contribution in [0.5, 0.6) is 0 Å². The lowest BCUT2D eigenvalue weighted by atomic mass is 10.0. The average molecular weight is 243 g/mol. The number of carbonyl (C=O) groups is 2. The van der Waals surface area contributed by atoms with E-state index in [9.17, 15) is 9.59 Å². The molecule has 0 aromatic rings. The van der Waals surface area contributed by atoms with Gasteiger partial charge in [-0.15, -0.1) is 0 Å². The van der Waals surface area contributed by atoms with E-state index in [0.717, 1.165) is 12.8 Å². The van der Waals surface area contributed by atoms with Crippen molar-refractivity contribution in [3.05, 3.63) is 0 Å². The van der Waals surface area contributed by atoms with E-state index in [1.807, 2.05) is 0 Å². The summed E-state index contributed by atoms with van der Waals surface area (Å²) in [6, 6.07) is 0. The van der Waals surface area contributed by atoms with Gasteiger partial charge in [0, 0.05) is 6.54 Å². The Kier molecular flexibility index (Phi) is 4.37. The van der Waals surface area contributed by atoms with Gasteiger partial charge in [0.15, 0.2) is 0 Å². The van der Waals surface area contributed by atoms with Gasteiger partial charge in [0.05, 0.1) is 5.92 Å². The van der Waals surface area contributed by atoms with E-state index in [1.54, 1.807) is 20.8 Å². The molecule has 17 heavy (non-hydrogen) atoms. The van der Waals surface area contributed by atoms with Crippen LogP contribution in [0.2, 0.25) is 0 Å². The van der Waals surface area contributed by atoms with Crippen molar-refractivity contribution in [3.8, 4) is 0 Å². The van der Waals surface area contributed by atoms with Crippen LogP contribution in [-0.2, 0) is 9.53 Å². The maximum atomic E-state index is 11.4. The normalized spacial score (nSPS) is 17.4. The quantitative estimate of drug-likeness (QED) is 0.774. The molecule has 0 heterocycles. The molecule has 1 atom stereocenters. The highest BCUT2D eigenvalue weighted by atomic mass is 16.6. The van der Waals surface area contributed by atoms with Gasteiger partial charge >= 0.3 is 12.1 Å². The fourth-order valence-corrected chi connectivity index (χ4v) is 1.55. The summed E-state index contributed by atoms with van der Waals surface area (Å²) in [5.41, 5.74) is -0.556. The first-order valence-corrected chi connectivity index (χ1v) is 5.97. The number of carbonyl (C=O) groups excluding carboxylic acids is 1. The summed E-state index contributed by atoms with van der Waals surface area (Å²) in [7, 11) is 0. The molecule has 0 radical (unpaired) electrons. The Labute approximate surface area is 102 Å². The van der Waals surface area contributed by atoms with Crippen LogP contribution >= 0.6 is 0 Å². The Morgan fingerprint density at radius 2 is 2.00 bits per heavy atom. The molecule has 5 heteroatoms. The Balaban J connectivity index is 2.30. The number of carboxylic acid groups (broad SMARTS) is 1. The molecule has 1 saturated carbocycles. The number of carboxylic acids is 1. The first kappa shape index (κ1) is 13.8. The summed E-state index contributed by atoms with van der Waals surface area (Å²) in [5, 5.41) is 11.5. The Morgan fingerprint density at radius 1 is 1.41 bits per heavy atom. The van der Waals surface area contributed by atoms with Gasteiger partial charge in [0.25, 0.3) is 0 Å². The molecule has 0 spiro atoms. The maximum absolute atomic E-state index is 11.4. The minimum absolute atomic E-state index is 0.140. The summed E-state index contributed by atoms with van der Waals surface area (Å²) in [5.74, 6) is -0.834. The van der Waals surface area contributed by atoms with Crippen LogP contribution in [-0.4, -0.2) is 29.3 Å². The molecular formula is C12H21NO4. The summed E-state index contributed by atoms with van der Waals surface area (Å²) in [6.45, 7) is 5.45. The lowest BCUT2D eigenvalue weighted by Gasteiger charge is -2.20. The molecule has 1 aliphatic carbocycles. The van der Waals surface area contributed by atoms with Crippen LogP contribution in [0.4, 0.5) is 4.79 Å². The third-order valence-electron chi connectivity index (χ3n) is 2.56. The number of amides is 1. The summed E-state index contributed by atoms with van der Waals surface area (Å²) >= 11 is 0. The predicted octanol–water partition coefficient (Wildman–Crippen LogP) is 2.01. The summed E-state index contributed by atoms with van der Waals surface area (Å²) < 4.78 is 5.05. The van der Waals surface area contributed by atoms with E-state index < -0.39 is 23.6 Å². The van der Waals surface area contributed by atoms with E-state index in [-0.39, 0.29) is 6.54 Å². The zero-order chi connectivity index (χ0) is 13.1. The molecule has 1 rings (SSSR count). The largest absolute Gasteiger partial charge is 0.481 e. The van der Waals surface area contributed by atoms with E-state index in [0.29, 0.717) is 12.3 Å². The molecule has 0 bridgehead atoms. The van der Waals surface area contributed by atoms with Crippen molar-refractivity contribution >= 4 is 12.1 Å². The van der Waals surface area contributed by atoms with Crippen molar-refractivity contribution in [2.45, 2.75) is 45.6 Å². The molecule has 1 unspecified atom stereocenters. The monoisotopic (exact) mass is 243 g/mol. The van der Waals surface area contributed by atoms with Crippen LogP contribution < -0.4 is 5.32 Å². The standard InChI is InChI=1S/C12H21NO4/c1-12(2,3)17-11(16)13-7-9(10(14)15)6-8-4-5-8/h8-9H,4-7H2,1-3H3,(H,13,16)(H,14,15). The average Bonchev–Trinajstić information content (AvgIpc) is 2.92. The third kappa shape index (κ3) is 6.14. The summed E-state index contributed by atoms with van der Waals surface area (Å²) in [4.78, 5) is 22.3. The van der Waals surface area contributed by atoms with E-state index >= 15 is 0 Å². The molecule has 5 nitrogen and oxygen atoms in total. The van der Waals surface area contributed by atoms with Crippen LogP contribution in [0.3, 0.4) is 0 Å². The van der Waals surface area contributed by atoms with Crippen molar-refractivity contribution in [2.24, 2.45) is 11.8 Å². The zero-order valence-electron chi connectivity index (χ0n) is 10.7. The van der Waals surface area contributed by atoms with Gasteiger partial charge < -0.3 is 15.2 Å². The second-order valence-corrected chi connectivity index (χ2v) is 5.60. The van der Waals surface area contributed by atoms with Gasteiger partial charge in [-0.3, -0.25) is 4.79 Å². The van der Waals surface area contributed by atoms with E-state index in [4.69, 9.17) is 9.84 Å². The number of aliphatic carboxylic acids is 1. The van der Waals surface area contributed by atoms with Crippen LogP contribution in [0.25, 0.3) is 0 Å². The van der Waals surface area contributed by atoms with Crippen molar-refractivity contribution in [1.82, 2.24) is 5.32 Å². The van der Waals surface area contributed by atoms with Crippen LogP contribution in [0.15, 0.2) is 0 Å². The topological polar surface area (TPSA) is 75.6 Å². The molecule has 0 aromatic heterocycles. The number of ether oxygens (including phenoxy) is 1. The van der Waals surface area contributed by atoms with Gasteiger partial charge in [-0.25, -0.2) is 4.79 Å². The Hall–Kier alpha value is -1.26. The van der Waals surface area contributed by atoms with Crippen molar-refractivity contribution < 1.29 is 19.4 Å². The number of alkyl carbamates (subject to hydrolysis) is 1. The minimum atomic E-state index is -0.854. The first-order chi connectivity index (χ1) is 7.78. The number of hydrogen-bond acceptors (Lipinski definition) is 3. The Morgan fingerprint density at radius 3 is 2.41 bits per heavy atom. The third-order valence-corrected chi connectivity index (χ3v) is 2.56. The lowest BCUT2D eigenvalue weighted by Crippen LogP contribution is -2.37. The minimum Gasteiger partial charge on any atom is -0.481 e. The maximum Gasteiger partial charge on any atom is 0.407 e. The Bertz CT molecular complexity index is 291. The van der Waals surface area contributed by atoms with Gasteiger partial charge in [-0.1, -0.05) is 12.8 Å². The van der Waals surface area contributed by atoms with Crippen LogP contribution in [0, 0.1) is 11.8 Å². The summed E-state index contributed by atoms with van der Waals surface area (Å²) in [6.07, 6.45) is 2.30. The fraction of sp³-hybridized carbons (Fsp3) is 0.833. The predicted molar refractivity (Wildman–Crippen MR) is 62.7 cm³/mol. The number of rotatable bonds is 5. The zero-order valence-corrected chi connectivity index (χ0v) is 10.7. The molecule has 0 aliphatic heterocycles. The molecule has 1 fully saturated rings. The second-order valence-electron chi connectivity index (χ2n) is 5.60. The smallest absolute Gasteiger partial charge is 0.407 e. The van der Waals surface area contributed by atoms with E-state index in [2.05, 4.69) is 5.32 Å². The van der Waals surface area contributed by atoms with Crippen LogP contribution in [0.1, 0.15) is 40.0 Å². The molecule has 0 aromatic carbocycles. The molecule has 2 N–H and O–H groups in total. The van der Waals surface area contributed by atoms with Crippen molar-refractivity contribution in [2.75, 3.05) is 6.54 Å². The SMILES string of the molecule is CC(C)(C)OC(=O)NCC(CC1CC1)C(=O)O. The highest BCUT2D eigenvalue weighted by molar-refractivity contribution is 5.72.